The van der Waals surface area contributed by atoms with E-state index in [-0.39, 0.29) is 23.9 Å². The summed E-state index contributed by atoms with van der Waals surface area (Å²) in [5.74, 6) is -0.964. The summed E-state index contributed by atoms with van der Waals surface area (Å²) in [7, 11) is 0. The molecule has 1 aromatic carbocycles. The summed E-state index contributed by atoms with van der Waals surface area (Å²) in [4.78, 5) is 19.3. The zero-order chi connectivity index (χ0) is 32.1. The van der Waals surface area contributed by atoms with Gasteiger partial charge in [0.1, 0.15) is 5.82 Å². The lowest BCUT2D eigenvalue weighted by atomic mass is 9.86. The van der Waals surface area contributed by atoms with Gasteiger partial charge in [-0.1, -0.05) is 84.0 Å². The van der Waals surface area contributed by atoms with Crippen molar-refractivity contribution >= 4 is 17.8 Å². The summed E-state index contributed by atoms with van der Waals surface area (Å²) in [6, 6.07) is 6.07. The second kappa shape index (κ2) is 22.3. The van der Waals surface area contributed by atoms with Gasteiger partial charge in [-0.15, -0.1) is 6.58 Å². The van der Waals surface area contributed by atoms with Crippen LogP contribution in [0.3, 0.4) is 0 Å². The number of rotatable bonds is 15. The third-order valence-electron chi connectivity index (χ3n) is 6.25. The molecule has 1 aliphatic rings. The van der Waals surface area contributed by atoms with Crippen LogP contribution in [0.4, 0.5) is 4.39 Å². The van der Waals surface area contributed by atoms with Gasteiger partial charge in [0, 0.05) is 48.6 Å². The molecule has 0 aromatic heterocycles. The molecule has 1 amide bonds. The van der Waals surface area contributed by atoms with Gasteiger partial charge in [0.15, 0.2) is 0 Å². The Hall–Kier alpha value is -3.36. The normalized spacial score (nSPS) is 16.3. The number of likely N-dealkylation sites (N-methyl/N-ethyl adjacent to an activating group) is 1. The highest BCUT2D eigenvalue weighted by atomic mass is 19.1. The second-order valence-electron chi connectivity index (χ2n) is 9.55. The Kier molecular flexibility index (Phi) is 20.5. The van der Waals surface area contributed by atoms with Crippen molar-refractivity contribution in [2.75, 3.05) is 13.1 Å². The highest BCUT2D eigenvalue weighted by molar-refractivity contribution is 6.02. The first kappa shape index (κ1) is 38.6. The highest BCUT2D eigenvalue weighted by Crippen LogP contribution is 2.18. The quantitative estimate of drug-likeness (QED) is 0.120. The molecule has 4 unspecified atom stereocenters. The van der Waals surface area contributed by atoms with Gasteiger partial charge in [-0.25, -0.2) is 9.38 Å². The average Bonchev–Trinajstić information content (AvgIpc) is 3.24. The van der Waals surface area contributed by atoms with Crippen molar-refractivity contribution in [2.24, 2.45) is 22.6 Å². The monoisotopic (exact) mass is 583 g/mol. The van der Waals surface area contributed by atoms with Gasteiger partial charge < -0.3 is 21.2 Å². The molecule has 1 heterocycles. The maximum atomic E-state index is 14.1. The Balaban J connectivity index is 0.00000402. The SMILES string of the molecule is C=CC(N)C(/C=C/C(=O)NC(CC)CN(CC)Cc1ccccc1F)C(=N)C1C=CC=C(OC(C)C)N=C1.CC.CC. The number of amides is 1. The van der Waals surface area contributed by atoms with Crippen molar-refractivity contribution in [1.82, 2.24) is 10.2 Å². The number of nitrogens with two attached hydrogens (primary N) is 1. The second-order valence-corrected chi connectivity index (χ2v) is 9.55. The Bertz CT molecular complexity index is 1060. The summed E-state index contributed by atoms with van der Waals surface area (Å²) < 4.78 is 19.8. The topological polar surface area (TPSA) is 104 Å². The molecule has 0 aliphatic carbocycles. The van der Waals surface area contributed by atoms with Crippen LogP contribution in [0.15, 0.2) is 78.2 Å². The lowest BCUT2D eigenvalue weighted by Crippen LogP contribution is -2.43. The number of allylic oxidation sites excluding steroid dienone is 3. The van der Waals surface area contributed by atoms with E-state index in [9.17, 15) is 9.18 Å². The summed E-state index contributed by atoms with van der Waals surface area (Å²) in [5.41, 5.74) is 7.18. The van der Waals surface area contributed by atoms with Crippen LogP contribution in [0.2, 0.25) is 0 Å². The zero-order valence-electron chi connectivity index (χ0n) is 26.9. The van der Waals surface area contributed by atoms with Crippen LogP contribution in [0, 0.1) is 23.1 Å². The van der Waals surface area contributed by atoms with Gasteiger partial charge in [-0.3, -0.25) is 9.69 Å². The van der Waals surface area contributed by atoms with Gasteiger partial charge >= 0.3 is 0 Å². The summed E-state index contributed by atoms with van der Waals surface area (Å²) in [6.45, 7) is 21.4. The first-order valence-corrected chi connectivity index (χ1v) is 15.2. The molecule has 1 aliphatic heterocycles. The van der Waals surface area contributed by atoms with E-state index >= 15 is 0 Å². The number of aliphatic imine (C=N–C) groups is 1. The number of ether oxygens (including phenoxy) is 1. The summed E-state index contributed by atoms with van der Waals surface area (Å²) >= 11 is 0. The number of carbonyl (C=O) groups is 1. The van der Waals surface area contributed by atoms with E-state index < -0.39 is 17.9 Å². The van der Waals surface area contributed by atoms with Crippen LogP contribution >= 0.6 is 0 Å². The van der Waals surface area contributed by atoms with E-state index in [0.29, 0.717) is 30.2 Å². The van der Waals surface area contributed by atoms with Crippen LogP contribution < -0.4 is 11.1 Å². The molecule has 42 heavy (non-hydrogen) atoms. The fourth-order valence-corrected chi connectivity index (χ4v) is 4.01. The van der Waals surface area contributed by atoms with E-state index in [2.05, 4.69) is 21.8 Å². The smallest absolute Gasteiger partial charge is 0.243 e. The maximum Gasteiger partial charge on any atom is 0.243 e. The van der Waals surface area contributed by atoms with Gasteiger partial charge in [-0.05, 0) is 45.0 Å². The average molecular weight is 584 g/mol. The number of hydrogen-bond donors (Lipinski definition) is 3. The van der Waals surface area contributed by atoms with E-state index in [0.717, 1.165) is 13.0 Å². The first-order chi connectivity index (χ1) is 20.2. The molecule has 2 rings (SSSR count). The Morgan fingerprint density at radius 3 is 2.48 bits per heavy atom. The molecule has 0 bridgehead atoms. The molecular weight excluding hydrogens is 529 g/mol. The lowest BCUT2D eigenvalue weighted by molar-refractivity contribution is -0.117. The molecule has 0 fully saturated rings. The maximum absolute atomic E-state index is 14.1. The molecule has 8 heteroatoms. The van der Waals surface area contributed by atoms with E-state index in [4.69, 9.17) is 15.9 Å². The van der Waals surface area contributed by atoms with Crippen LogP contribution in [-0.2, 0) is 16.1 Å². The first-order valence-electron chi connectivity index (χ1n) is 15.2. The molecule has 4 N–H and O–H groups in total. The number of nitrogens with one attached hydrogen (secondary N) is 2. The van der Waals surface area contributed by atoms with E-state index in [1.54, 1.807) is 36.6 Å². The molecule has 0 spiro atoms. The standard InChI is InChI=1S/C30H42FN5O2.2C2H6/c1-6-24(20-36(8-3)19-23-12-9-10-14-26(23)31)35-28(37)17-16-25(27(32)7-2)30(33)22-13-11-15-29(34-18-22)38-21(4)5;2*1-2/h7,9-18,21-22,24-25,27,33H,2,6,8,19-20,32H2,1,3-5H3,(H,35,37);2*1-2H3/b17-16+,33-30?;;. The summed E-state index contributed by atoms with van der Waals surface area (Å²) in [5, 5.41) is 11.8. The van der Waals surface area contributed by atoms with Crippen LogP contribution in [0.5, 0.6) is 0 Å². The van der Waals surface area contributed by atoms with Crippen LogP contribution in [-0.4, -0.2) is 54.0 Å². The van der Waals surface area contributed by atoms with Gasteiger partial charge in [-0.2, -0.15) is 0 Å². The molecule has 0 radical (unpaired) electrons. The van der Waals surface area contributed by atoms with Crippen molar-refractivity contribution in [3.8, 4) is 0 Å². The van der Waals surface area contributed by atoms with Gasteiger partial charge in [0.2, 0.25) is 11.8 Å². The largest absolute Gasteiger partial charge is 0.475 e. The van der Waals surface area contributed by atoms with Gasteiger partial charge in [0.25, 0.3) is 0 Å². The Labute approximate surface area is 254 Å². The minimum Gasteiger partial charge on any atom is -0.475 e. The fraction of sp³-hybridized carbons (Fsp3) is 0.500. The molecule has 0 saturated carbocycles. The molecule has 0 saturated heterocycles. The number of carbonyl (C=O) groups excluding carboxylic acids is 1. The summed E-state index contributed by atoms with van der Waals surface area (Å²) in [6.07, 6.45) is 12.4. The van der Waals surface area contributed by atoms with Crippen molar-refractivity contribution in [3.63, 3.8) is 0 Å². The van der Waals surface area contributed by atoms with Crippen molar-refractivity contribution in [3.05, 3.63) is 84.6 Å². The highest BCUT2D eigenvalue weighted by Gasteiger charge is 2.24. The Morgan fingerprint density at radius 1 is 1.24 bits per heavy atom. The number of hydrogen-bond acceptors (Lipinski definition) is 6. The molecular formula is C34H54FN5O2. The van der Waals surface area contributed by atoms with E-state index in [1.807, 2.05) is 73.6 Å². The predicted molar refractivity (Wildman–Crippen MR) is 176 cm³/mol. The minimum atomic E-state index is -0.547. The minimum absolute atomic E-state index is 0.0120. The molecule has 7 nitrogen and oxygen atoms in total. The molecule has 1 aromatic rings. The zero-order valence-corrected chi connectivity index (χ0v) is 26.9. The predicted octanol–water partition coefficient (Wildman–Crippen LogP) is 6.82. The van der Waals surface area contributed by atoms with Crippen LogP contribution in [0.25, 0.3) is 0 Å². The molecule has 4 atom stereocenters. The third kappa shape index (κ3) is 14.0. The number of benzene rings is 1. The third-order valence-corrected chi connectivity index (χ3v) is 6.25. The van der Waals surface area contributed by atoms with Crippen molar-refractivity contribution in [2.45, 2.75) is 86.5 Å². The number of nitrogens with zero attached hydrogens (tertiary/aromatic N) is 2. The van der Waals surface area contributed by atoms with Crippen molar-refractivity contribution in [1.29, 1.82) is 5.41 Å². The fourth-order valence-electron chi connectivity index (χ4n) is 4.01. The Morgan fingerprint density at radius 2 is 1.90 bits per heavy atom. The van der Waals surface area contributed by atoms with Crippen molar-refractivity contribution < 1.29 is 13.9 Å². The lowest BCUT2D eigenvalue weighted by Gasteiger charge is -2.26. The van der Waals surface area contributed by atoms with Crippen LogP contribution in [0.1, 0.15) is 67.4 Å². The van der Waals surface area contributed by atoms with E-state index in [1.165, 1.54) is 12.1 Å². The van der Waals surface area contributed by atoms with Gasteiger partial charge in [0.05, 0.1) is 12.0 Å². The number of halogens is 1. The molecule has 234 valence electrons.